The van der Waals surface area contributed by atoms with Gasteiger partial charge in [0.05, 0.1) is 7.11 Å². The average Bonchev–Trinajstić information content (AvgIpc) is 2.81. The van der Waals surface area contributed by atoms with Crippen molar-refractivity contribution < 1.29 is 13.2 Å². The monoisotopic (exact) mass is 329 g/mol. The van der Waals surface area contributed by atoms with Crippen LogP contribution < -0.4 is 4.74 Å². The van der Waals surface area contributed by atoms with Crippen molar-refractivity contribution in [2.45, 2.75) is 25.5 Å². The summed E-state index contributed by atoms with van der Waals surface area (Å²) in [5.74, 6) is 1.31. The van der Waals surface area contributed by atoms with E-state index in [0.29, 0.717) is 23.7 Å². The topological polar surface area (TPSA) is 74.1 Å². The Labute approximate surface area is 128 Å². The first-order chi connectivity index (χ1) is 9.82. The number of hydrogen-bond acceptors (Lipinski definition) is 5. The molecule has 0 unspecified atom stereocenters. The summed E-state index contributed by atoms with van der Waals surface area (Å²) in [5.41, 5.74) is 0.717. The molecular weight excluding hydrogens is 314 g/mol. The Morgan fingerprint density at radius 1 is 1.33 bits per heavy atom. The zero-order chi connectivity index (χ0) is 15.6. The molecule has 1 heterocycles. The molecule has 0 saturated heterocycles. The molecular formula is C13H16ClN3O3S. The smallest absolute Gasteiger partial charge is 0.296 e. The molecule has 0 spiro atoms. The Kier molecular flexibility index (Phi) is 4.53. The molecule has 0 bridgehead atoms. The van der Waals surface area contributed by atoms with Gasteiger partial charge < -0.3 is 4.74 Å². The van der Waals surface area contributed by atoms with Crippen LogP contribution in [0.3, 0.4) is 0 Å². The van der Waals surface area contributed by atoms with Crippen LogP contribution in [0.2, 0.25) is 0 Å². The number of aromatic nitrogens is 3. The predicted octanol–water partition coefficient (Wildman–Crippen LogP) is 2.54. The van der Waals surface area contributed by atoms with Crippen molar-refractivity contribution in [3.05, 3.63) is 24.3 Å². The largest absolute Gasteiger partial charge is 0.497 e. The first kappa shape index (κ1) is 15.8. The van der Waals surface area contributed by atoms with E-state index in [1.165, 1.54) is 4.57 Å². The number of rotatable bonds is 5. The quantitative estimate of drug-likeness (QED) is 0.788. The Morgan fingerprint density at radius 2 is 2.05 bits per heavy atom. The summed E-state index contributed by atoms with van der Waals surface area (Å²) in [5, 5.41) is 7.46. The third-order valence-electron chi connectivity index (χ3n) is 2.81. The lowest BCUT2D eigenvalue weighted by molar-refractivity contribution is 0.415. The van der Waals surface area contributed by atoms with Gasteiger partial charge in [-0.15, -0.1) is 10.2 Å². The molecule has 21 heavy (non-hydrogen) atoms. The van der Waals surface area contributed by atoms with Crippen molar-refractivity contribution in [2.75, 3.05) is 7.11 Å². The zero-order valence-electron chi connectivity index (χ0n) is 11.9. The molecule has 0 amide bonds. The van der Waals surface area contributed by atoms with Gasteiger partial charge in [0.25, 0.3) is 14.2 Å². The van der Waals surface area contributed by atoms with Gasteiger partial charge in [0.1, 0.15) is 5.75 Å². The van der Waals surface area contributed by atoms with Gasteiger partial charge in [-0.2, -0.15) is 0 Å². The summed E-state index contributed by atoms with van der Waals surface area (Å²) in [6.45, 7) is 4.39. The number of nitrogens with zero attached hydrogens (tertiary/aromatic N) is 3. The molecule has 0 aliphatic heterocycles. The molecule has 2 aromatic rings. The van der Waals surface area contributed by atoms with Crippen LogP contribution >= 0.6 is 10.7 Å². The Bertz CT molecular complexity index is 741. The van der Waals surface area contributed by atoms with E-state index in [0.717, 1.165) is 0 Å². The van der Waals surface area contributed by atoms with E-state index in [2.05, 4.69) is 10.2 Å². The summed E-state index contributed by atoms with van der Waals surface area (Å²) < 4.78 is 29.9. The van der Waals surface area contributed by atoms with Crippen molar-refractivity contribution >= 4 is 19.7 Å². The Hall–Kier alpha value is -1.60. The molecule has 6 nitrogen and oxygen atoms in total. The first-order valence-corrected chi connectivity index (χ1v) is 8.66. The molecule has 8 heteroatoms. The minimum atomic E-state index is -3.95. The van der Waals surface area contributed by atoms with Crippen LogP contribution in [0.5, 0.6) is 5.75 Å². The summed E-state index contributed by atoms with van der Waals surface area (Å²) in [6.07, 6.45) is 0. The fraction of sp³-hybridized carbons (Fsp3) is 0.385. The lowest BCUT2D eigenvalue weighted by Gasteiger charge is -2.11. The summed E-state index contributed by atoms with van der Waals surface area (Å²) >= 11 is 0. The highest BCUT2D eigenvalue weighted by atomic mass is 35.7. The average molecular weight is 330 g/mol. The molecule has 0 aliphatic rings. The number of benzene rings is 1. The predicted molar refractivity (Wildman–Crippen MR) is 79.9 cm³/mol. The second-order valence-corrected chi connectivity index (χ2v) is 7.44. The maximum absolute atomic E-state index is 11.6. The van der Waals surface area contributed by atoms with Gasteiger partial charge in [-0.25, -0.2) is 8.42 Å². The molecule has 0 radical (unpaired) electrons. The van der Waals surface area contributed by atoms with E-state index >= 15 is 0 Å². The fourth-order valence-electron chi connectivity index (χ4n) is 1.97. The van der Waals surface area contributed by atoms with E-state index < -0.39 is 9.05 Å². The number of methoxy groups -OCH3 is 1. The van der Waals surface area contributed by atoms with Gasteiger partial charge in [-0.1, -0.05) is 26.0 Å². The lowest BCUT2D eigenvalue weighted by Crippen LogP contribution is -2.11. The van der Waals surface area contributed by atoms with Crippen LogP contribution in [0.1, 0.15) is 13.8 Å². The molecule has 0 N–H and O–H groups in total. The third-order valence-corrected chi connectivity index (χ3v) is 3.96. The highest BCUT2D eigenvalue weighted by Crippen LogP contribution is 2.26. The number of halogens is 1. The SMILES string of the molecule is COc1cccc(-c2nnc(S(=O)(=O)Cl)n2CC(C)C)c1. The van der Waals surface area contributed by atoms with Crippen LogP contribution in [0.15, 0.2) is 29.4 Å². The highest BCUT2D eigenvalue weighted by molar-refractivity contribution is 8.13. The van der Waals surface area contributed by atoms with E-state index in [-0.39, 0.29) is 11.1 Å². The molecule has 0 fully saturated rings. The fourth-order valence-corrected chi connectivity index (χ4v) is 2.88. The van der Waals surface area contributed by atoms with Crippen LogP contribution in [0, 0.1) is 5.92 Å². The second-order valence-electron chi connectivity index (χ2n) is 4.98. The van der Waals surface area contributed by atoms with Gasteiger partial charge in [-0.3, -0.25) is 4.57 Å². The third kappa shape index (κ3) is 3.54. The summed E-state index contributed by atoms with van der Waals surface area (Å²) in [7, 11) is 3.04. The van der Waals surface area contributed by atoms with Crippen molar-refractivity contribution in [3.63, 3.8) is 0 Å². The van der Waals surface area contributed by atoms with E-state index in [9.17, 15) is 8.42 Å². The Balaban J connectivity index is 2.60. The minimum absolute atomic E-state index is 0.211. The first-order valence-electron chi connectivity index (χ1n) is 6.35. The van der Waals surface area contributed by atoms with Gasteiger partial charge in [0.2, 0.25) is 0 Å². The van der Waals surface area contributed by atoms with Crippen LogP contribution in [-0.2, 0) is 15.6 Å². The number of hydrogen-bond donors (Lipinski definition) is 0. The Morgan fingerprint density at radius 3 is 2.62 bits per heavy atom. The van der Waals surface area contributed by atoms with E-state index in [1.807, 2.05) is 19.9 Å². The van der Waals surface area contributed by atoms with Gasteiger partial charge in [0, 0.05) is 22.8 Å². The van der Waals surface area contributed by atoms with Crippen molar-refractivity contribution in [3.8, 4) is 17.1 Å². The molecule has 114 valence electrons. The highest BCUT2D eigenvalue weighted by Gasteiger charge is 2.24. The summed E-state index contributed by atoms with van der Waals surface area (Å²) in [4.78, 5) is 0. The minimum Gasteiger partial charge on any atom is -0.497 e. The van der Waals surface area contributed by atoms with Gasteiger partial charge >= 0.3 is 0 Å². The lowest BCUT2D eigenvalue weighted by atomic mass is 10.2. The summed E-state index contributed by atoms with van der Waals surface area (Å²) in [6, 6.07) is 7.18. The molecule has 0 saturated carbocycles. The van der Waals surface area contributed by atoms with E-state index in [4.69, 9.17) is 15.4 Å². The van der Waals surface area contributed by atoms with Crippen molar-refractivity contribution in [1.29, 1.82) is 0 Å². The zero-order valence-corrected chi connectivity index (χ0v) is 13.5. The second kappa shape index (κ2) is 6.03. The van der Waals surface area contributed by atoms with Crippen molar-refractivity contribution in [1.82, 2.24) is 14.8 Å². The number of ether oxygens (including phenoxy) is 1. The van der Waals surface area contributed by atoms with E-state index in [1.54, 1.807) is 25.3 Å². The van der Waals surface area contributed by atoms with Crippen molar-refractivity contribution in [2.24, 2.45) is 5.92 Å². The molecule has 1 aromatic carbocycles. The maximum atomic E-state index is 11.6. The van der Waals surface area contributed by atoms with Crippen LogP contribution in [0.4, 0.5) is 0 Å². The maximum Gasteiger partial charge on any atom is 0.296 e. The molecule has 0 aliphatic carbocycles. The molecule has 0 atom stereocenters. The molecule has 1 aromatic heterocycles. The van der Waals surface area contributed by atoms with Gasteiger partial charge in [0.15, 0.2) is 5.82 Å². The molecule has 2 rings (SSSR count). The van der Waals surface area contributed by atoms with Crippen LogP contribution in [-0.4, -0.2) is 30.3 Å². The normalized spacial score (nSPS) is 11.9. The standard InChI is InChI=1S/C13H16ClN3O3S/c1-9(2)8-17-12(15-16-13(17)21(14,18)19)10-5-4-6-11(7-10)20-3/h4-7,9H,8H2,1-3H3. The van der Waals surface area contributed by atoms with Gasteiger partial charge in [-0.05, 0) is 18.1 Å². The van der Waals surface area contributed by atoms with Crippen LogP contribution in [0.25, 0.3) is 11.4 Å².